The van der Waals surface area contributed by atoms with Gasteiger partial charge in [-0.05, 0) is 19.9 Å². The van der Waals surface area contributed by atoms with Gasteiger partial charge in [0.05, 0.1) is 6.54 Å². The highest BCUT2D eigenvalue weighted by atomic mass is 32.2. The maximum Gasteiger partial charge on any atom is 0.235 e. The van der Waals surface area contributed by atoms with Gasteiger partial charge in [0.25, 0.3) is 0 Å². The Labute approximate surface area is 105 Å². The van der Waals surface area contributed by atoms with E-state index >= 15 is 0 Å². The number of allylic oxidation sites excluding steroid dienone is 5. The molecule has 5 heteroatoms. The van der Waals surface area contributed by atoms with Gasteiger partial charge in [0.2, 0.25) is 5.91 Å². The van der Waals surface area contributed by atoms with E-state index in [4.69, 9.17) is 0 Å². The summed E-state index contributed by atoms with van der Waals surface area (Å²) in [4.78, 5) is 11.9. The number of amides is 1. The van der Waals surface area contributed by atoms with Crippen molar-refractivity contribution in [3.05, 3.63) is 35.3 Å². The summed E-state index contributed by atoms with van der Waals surface area (Å²) in [5.41, 5.74) is 1.01. The third-order valence-corrected chi connectivity index (χ3v) is 3.88. The van der Waals surface area contributed by atoms with E-state index in [0.717, 1.165) is 10.5 Å². The predicted octanol–water partition coefficient (Wildman–Crippen LogP) is 1.12. The molecule has 0 aliphatic carbocycles. The molecule has 4 nitrogen and oxygen atoms in total. The van der Waals surface area contributed by atoms with Gasteiger partial charge in [0, 0.05) is 18.0 Å². The number of carbonyl (C=O) groups is 1. The van der Waals surface area contributed by atoms with Crippen LogP contribution in [0.2, 0.25) is 0 Å². The number of hydrogen-bond acceptors (Lipinski definition) is 2. The van der Waals surface area contributed by atoms with Crippen LogP contribution in [0.5, 0.6) is 0 Å². The van der Waals surface area contributed by atoms with E-state index in [9.17, 15) is 9.00 Å². The van der Waals surface area contributed by atoms with Crippen LogP contribution in [0.25, 0.3) is 0 Å². The average molecular weight is 254 g/mol. The van der Waals surface area contributed by atoms with Crippen molar-refractivity contribution >= 4 is 16.9 Å². The largest absolute Gasteiger partial charge is 0.354 e. The lowest BCUT2D eigenvalue weighted by molar-refractivity contribution is -0.122. The van der Waals surface area contributed by atoms with Crippen molar-refractivity contribution in [2.75, 3.05) is 19.6 Å². The predicted molar refractivity (Wildman–Crippen MR) is 70.4 cm³/mol. The van der Waals surface area contributed by atoms with Crippen LogP contribution in [0.1, 0.15) is 13.8 Å². The Morgan fingerprint density at radius 2 is 2.18 bits per heavy atom. The highest BCUT2D eigenvalue weighted by Crippen LogP contribution is 2.09. The minimum absolute atomic E-state index is 0.0739. The van der Waals surface area contributed by atoms with Crippen LogP contribution in [0.3, 0.4) is 0 Å². The Balaban J connectivity index is 2.68. The van der Waals surface area contributed by atoms with E-state index in [1.54, 1.807) is 23.4 Å². The molecule has 0 radical (unpaired) electrons. The first-order chi connectivity index (χ1) is 8.04. The Kier molecular flexibility index (Phi) is 5.31. The molecule has 1 fully saturated rings. The van der Waals surface area contributed by atoms with Crippen LogP contribution in [0.4, 0.5) is 0 Å². The Bertz CT molecular complexity index is 399. The highest BCUT2D eigenvalue weighted by Gasteiger charge is 2.21. The van der Waals surface area contributed by atoms with Crippen molar-refractivity contribution < 1.29 is 9.00 Å². The van der Waals surface area contributed by atoms with Gasteiger partial charge < -0.3 is 5.32 Å². The lowest BCUT2D eigenvalue weighted by Gasteiger charge is -2.25. The first-order valence-electron chi connectivity index (χ1n) is 5.45. The second-order valence-electron chi connectivity index (χ2n) is 3.85. The van der Waals surface area contributed by atoms with Gasteiger partial charge in [-0.25, -0.2) is 8.51 Å². The fraction of sp³-hybridized carbons (Fsp3) is 0.417. The average Bonchev–Trinajstić information content (AvgIpc) is 2.34. The summed E-state index contributed by atoms with van der Waals surface area (Å²) in [5, 5.41) is 2.71. The second kappa shape index (κ2) is 6.51. The minimum atomic E-state index is -1.24. The first-order valence-corrected chi connectivity index (χ1v) is 6.56. The zero-order valence-corrected chi connectivity index (χ0v) is 11.0. The summed E-state index contributed by atoms with van der Waals surface area (Å²) < 4.78 is 13.7. The monoisotopic (exact) mass is 254 g/mol. The SMILES string of the molecule is C=C/C(C)=C\C=C(/C)S(=O)N1CCNC(=O)C1. The summed E-state index contributed by atoms with van der Waals surface area (Å²) in [7, 11) is -1.24. The molecule has 1 aliphatic rings. The van der Waals surface area contributed by atoms with Crippen LogP contribution < -0.4 is 5.32 Å². The molecule has 1 N–H and O–H groups in total. The topological polar surface area (TPSA) is 49.4 Å². The van der Waals surface area contributed by atoms with Gasteiger partial charge >= 0.3 is 0 Å². The fourth-order valence-electron chi connectivity index (χ4n) is 1.34. The number of nitrogens with zero attached hydrogens (tertiary/aromatic N) is 1. The molecule has 0 bridgehead atoms. The summed E-state index contributed by atoms with van der Waals surface area (Å²) in [5.74, 6) is -0.0739. The number of carbonyl (C=O) groups excluding carboxylic acids is 1. The van der Waals surface area contributed by atoms with E-state index in [0.29, 0.717) is 13.1 Å². The molecule has 1 aliphatic heterocycles. The molecule has 1 saturated heterocycles. The van der Waals surface area contributed by atoms with E-state index in [1.165, 1.54) is 0 Å². The molecule has 0 aromatic heterocycles. The van der Waals surface area contributed by atoms with Crippen LogP contribution in [0.15, 0.2) is 35.3 Å². The van der Waals surface area contributed by atoms with Crippen molar-refractivity contribution in [1.29, 1.82) is 0 Å². The summed E-state index contributed by atoms with van der Waals surface area (Å²) in [6, 6.07) is 0. The zero-order chi connectivity index (χ0) is 12.8. The number of nitrogens with one attached hydrogen (secondary N) is 1. The van der Waals surface area contributed by atoms with Crippen molar-refractivity contribution in [2.45, 2.75) is 13.8 Å². The van der Waals surface area contributed by atoms with Crippen LogP contribution in [0, 0.1) is 0 Å². The molecule has 0 aromatic rings. The van der Waals surface area contributed by atoms with Crippen molar-refractivity contribution in [2.24, 2.45) is 0 Å². The van der Waals surface area contributed by atoms with E-state index in [-0.39, 0.29) is 12.5 Å². The Hall–Kier alpha value is -1.20. The molecule has 0 saturated carbocycles. The van der Waals surface area contributed by atoms with E-state index in [1.807, 2.05) is 13.0 Å². The fourth-order valence-corrected chi connectivity index (χ4v) is 2.42. The molecule has 0 aromatic carbocycles. The number of rotatable bonds is 4. The third-order valence-electron chi connectivity index (χ3n) is 2.42. The molecule has 1 rings (SSSR count). The van der Waals surface area contributed by atoms with Gasteiger partial charge in [0.15, 0.2) is 0 Å². The van der Waals surface area contributed by atoms with Crippen LogP contribution in [-0.4, -0.2) is 34.1 Å². The van der Waals surface area contributed by atoms with E-state index < -0.39 is 11.0 Å². The molecule has 94 valence electrons. The lowest BCUT2D eigenvalue weighted by Crippen LogP contribution is -2.48. The quantitative estimate of drug-likeness (QED) is 0.764. The Morgan fingerprint density at radius 1 is 1.47 bits per heavy atom. The maximum atomic E-state index is 12.1. The second-order valence-corrected chi connectivity index (χ2v) is 5.51. The standard InChI is InChI=1S/C12H18N2O2S/c1-4-10(2)5-6-11(3)17(16)14-8-7-13-12(15)9-14/h4-6H,1,7-9H2,2-3H3,(H,13,15)/b10-5-,11-6+. The van der Waals surface area contributed by atoms with Gasteiger partial charge in [-0.15, -0.1) is 0 Å². The van der Waals surface area contributed by atoms with Gasteiger partial charge in [-0.3, -0.25) is 4.79 Å². The Morgan fingerprint density at radius 3 is 2.76 bits per heavy atom. The minimum Gasteiger partial charge on any atom is -0.354 e. The molecule has 1 amide bonds. The van der Waals surface area contributed by atoms with Gasteiger partial charge in [0.1, 0.15) is 11.0 Å². The molecular formula is C12H18N2O2S. The molecule has 1 atom stereocenters. The number of piperazine rings is 1. The van der Waals surface area contributed by atoms with Crippen molar-refractivity contribution in [3.63, 3.8) is 0 Å². The summed E-state index contributed by atoms with van der Waals surface area (Å²) in [6.45, 7) is 8.74. The molecule has 1 unspecified atom stereocenters. The first kappa shape index (κ1) is 13.9. The van der Waals surface area contributed by atoms with Gasteiger partial charge in [-0.2, -0.15) is 0 Å². The zero-order valence-electron chi connectivity index (χ0n) is 10.2. The van der Waals surface area contributed by atoms with Crippen molar-refractivity contribution in [1.82, 2.24) is 9.62 Å². The third kappa shape index (κ3) is 4.28. The molecule has 1 heterocycles. The lowest BCUT2D eigenvalue weighted by atomic mass is 10.3. The summed E-state index contributed by atoms with van der Waals surface area (Å²) >= 11 is 0. The van der Waals surface area contributed by atoms with Crippen molar-refractivity contribution in [3.8, 4) is 0 Å². The van der Waals surface area contributed by atoms with Crippen LogP contribution >= 0.6 is 0 Å². The van der Waals surface area contributed by atoms with Gasteiger partial charge in [-0.1, -0.05) is 24.3 Å². The molecule has 17 heavy (non-hydrogen) atoms. The van der Waals surface area contributed by atoms with E-state index in [2.05, 4.69) is 11.9 Å². The van der Waals surface area contributed by atoms with Crippen LogP contribution in [-0.2, 0) is 15.8 Å². The summed E-state index contributed by atoms with van der Waals surface area (Å²) in [6.07, 6.45) is 5.41. The maximum absolute atomic E-state index is 12.1. The highest BCUT2D eigenvalue weighted by molar-refractivity contribution is 7.86. The normalized spacial score (nSPS) is 20.9. The molecule has 0 spiro atoms. The smallest absolute Gasteiger partial charge is 0.235 e. The molecular weight excluding hydrogens is 236 g/mol. The number of hydrogen-bond donors (Lipinski definition) is 1.